The first-order valence-corrected chi connectivity index (χ1v) is 7.72. The third-order valence-electron chi connectivity index (χ3n) is 2.90. The van der Waals surface area contributed by atoms with Gasteiger partial charge in [0.05, 0.1) is 20.3 Å². The standard InChI is InChI=1S/C14H16Br2N2O/c1-4-18-12(14(16)10(3)17-18)8-19-13-6-5-9(2)7-11(13)15/h5-7H,4,8H2,1-3H3. The van der Waals surface area contributed by atoms with Crippen molar-refractivity contribution in [3.8, 4) is 5.75 Å². The third kappa shape index (κ3) is 3.20. The van der Waals surface area contributed by atoms with E-state index >= 15 is 0 Å². The van der Waals surface area contributed by atoms with Crippen LogP contribution in [-0.2, 0) is 13.2 Å². The van der Waals surface area contributed by atoms with Crippen LogP contribution in [0.25, 0.3) is 0 Å². The zero-order valence-electron chi connectivity index (χ0n) is 11.2. The predicted octanol–water partition coefficient (Wildman–Crippen LogP) is 4.62. The Labute approximate surface area is 130 Å². The fourth-order valence-corrected chi connectivity index (χ4v) is 2.88. The molecule has 0 saturated heterocycles. The highest BCUT2D eigenvalue weighted by Gasteiger charge is 2.13. The van der Waals surface area contributed by atoms with Gasteiger partial charge in [-0.05, 0) is 70.3 Å². The van der Waals surface area contributed by atoms with Gasteiger partial charge in [0.1, 0.15) is 12.4 Å². The largest absolute Gasteiger partial charge is 0.486 e. The van der Waals surface area contributed by atoms with Gasteiger partial charge in [-0.25, -0.2) is 0 Å². The van der Waals surface area contributed by atoms with Crippen LogP contribution in [0.1, 0.15) is 23.9 Å². The normalized spacial score (nSPS) is 10.8. The van der Waals surface area contributed by atoms with Crippen LogP contribution in [0, 0.1) is 13.8 Å². The lowest BCUT2D eigenvalue weighted by Gasteiger charge is -2.10. The summed E-state index contributed by atoms with van der Waals surface area (Å²) in [4.78, 5) is 0. The molecule has 0 fully saturated rings. The molecule has 0 aliphatic heterocycles. The second kappa shape index (κ2) is 6.09. The molecule has 0 N–H and O–H groups in total. The van der Waals surface area contributed by atoms with E-state index in [9.17, 15) is 0 Å². The smallest absolute Gasteiger partial charge is 0.134 e. The van der Waals surface area contributed by atoms with Crippen molar-refractivity contribution in [1.29, 1.82) is 0 Å². The highest BCUT2D eigenvalue weighted by atomic mass is 79.9. The third-order valence-corrected chi connectivity index (χ3v) is 4.56. The summed E-state index contributed by atoms with van der Waals surface area (Å²) < 4.78 is 9.84. The van der Waals surface area contributed by atoms with Gasteiger partial charge in [-0.15, -0.1) is 0 Å². The molecule has 0 unspecified atom stereocenters. The summed E-state index contributed by atoms with van der Waals surface area (Å²) in [6, 6.07) is 6.07. The minimum Gasteiger partial charge on any atom is -0.486 e. The first-order chi connectivity index (χ1) is 9.02. The fraction of sp³-hybridized carbons (Fsp3) is 0.357. The molecular formula is C14H16Br2N2O. The van der Waals surface area contributed by atoms with Crippen molar-refractivity contribution in [3.63, 3.8) is 0 Å². The quantitative estimate of drug-likeness (QED) is 0.764. The Morgan fingerprint density at radius 1 is 1.26 bits per heavy atom. The number of aromatic nitrogens is 2. The fourth-order valence-electron chi connectivity index (χ4n) is 1.88. The number of ether oxygens (including phenoxy) is 1. The van der Waals surface area contributed by atoms with Crippen molar-refractivity contribution < 1.29 is 4.74 Å². The average Bonchev–Trinajstić information content (AvgIpc) is 2.65. The predicted molar refractivity (Wildman–Crippen MR) is 83.5 cm³/mol. The molecule has 0 radical (unpaired) electrons. The average molecular weight is 388 g/mol. The number of aryl methyl sites for hydroxylation is 3. The summed E-state index contributed by atoms with van der Waals surface area (Å²) >= 11 is 7.09. The highest BCUT2D eigenvalue weighted by molar-refractivity contribution is 9.10. The number of halogens is 2. The lowest BCUT2D eigenvalue weighted by atomic mass is 10.2. The Balaban J connectivity index is 2.18. The Kier molecular flexibility index (Phi) is 4.68. The molecule has 0 saturated carbocycles. The molecular weight excluding hydrogens is 372 g/mol. The maximum atomic E-state index is 5.88. The monoisotopic (exact) mass is 386 g/mol. The molecule has 2 aromatic rings. The van der Waals surface area contributed by atoms with E-state index in [1.165, 1.54) is 5.56 Å². The van der Waals surface area contributed by atoms with Crippen LogP contribution in [0.2, 0.25) is 0 Å². The maximum Gasteiger partial charge on any atom is 0.134 e. The molecule has 1 aromatic carbocycles. The SMILES string of the molecule is CCn1nc(C)c(Br)c1COc1ccc(C)cc1Br. The van der Waals surface area contributed by atoms with Crippen LogP contribution < -0.4 is 4.74 Å². The van der Waals surface area contributed by atoms with Gasteiger partial charge in [-0.1, -0.05) is 6.07 Å². The number of benzene rings is 1. The van der Waals surface area contributed by atoms with E-state index in [0.717, 1.165) is 32.6 Å². The zero-order chi connectivity index (χ0) is 14.0. The van der Waals surface area contributed by atoms with Crippen LogP contribution in [0.3, 0.4) is 0 Å². The van der Waals surface area contributed by atoms with Gasteiger partial charge in [0.15, 0.2) is 0 Å². The molecule has 1 heterocycles. The molecule has 0 atom stereocenters. The highest BCUT2D eigenvalue weighted by Crippen LogP contribution is 2.28. The number of nitrogens with zero attached hydrogens (tertiary/aromatic N) is 2. The van der Waals surface area contributed by atoms with Crippen molar-refractivity contribution in [2.45, 2.75) is 33.9 Å². The van der Waals surface area contributed by atoms with E-state index in [1.807, 2.05) is 29.8 Å². The van der Waals surface area contributed by atoms with E-state index in [2.05, 4.69) is 50.8 Å². The van der Waals surface area contributed by atoms with Gasteiger partial charge in [-0.3, -0.25) is 4.68 Å². The molecule has 0 amide bonds. The Morgan fingerprint density at radius 3 is 2.63 bits per heavy atom. The molecule has 0 aliphatic rings. The van der Waals surface area contributed by atoms with Gasteiger partial charge in [-0.2, -0.15) is 5.10 Å². The lowest BCUT2D eigenvalue weighted by Crippen LogP contribution is -2.06. The van der Waals surface area contributed by atoms with Crippen molar-refractivity contribution >= 4 is 31.9 Å². The summed E-state index contributed by atoms with van der Waals surface area (Å²) in [6.07, 6.45) is 0. The first kappa shape index (κ1) is 14.6. The van der Waals surface area contributed by atoms with Gasteiger partial charge < -0.3 is 4.74 Å². The summed E-state index contributed by atoms with van der Waals surface area (Å²) in [6.45, 7) is 7.45. The van der Waals surface area contributed by atoms with Crippen LogP contribution in [0.5, 0.6) is 5.75 Å². The van der Waals surface area contributed by atoms with E-state index in [-0.39, 0.29) is 0 Å². The summed E-state index contributed by atoms with van der Waals surface area (Å²) in [5.41, 5.74) is 3.26. The van der Waals surface area contributed by atoms with Crippen molar-refractivity contribution in [1.82, 2.24) is 9.78 Å². The minimum atomic E-state index is 0.497. The number of hydrogen-bond donors (Lipinski definition) is 0. The van der Waals surface area contributed by atoms with Crippen molar-refractivity contribution in [2.75, 3.05) is 0 Å². The summed E-state index contributed by atoms with van der Waals surface area (Å²) in [5, 5.41) is 4.46. The zero-order valence-corrected chi connectivity index (χ0v) is 14.4. The Hall–Kier alpha value is -0.810. The van der Waals surface area contributed by atoms with Crippen LogP contribution in [0.4, 0.5) is 0 Å². The van der Waals surface area contributed by atoms with Gasteiger partial charge in [0.25, 0.3) is 0 Å². The van der Waals surface area contributed by atoms with Crippen molar-refractivity contribution in [2.24, 2.45) is 0 Å². The summed E-state index contributed by atoms with van der Waals surface area (Å²) in [7, 11) is 0. The molecule has 102 valence electrons. The first-order valence-electron chi connectivity index (χ1n) is 6.13. The van der Waals surface area contributed by atoms with Crippen LogP contribution >= 0.6 is 31.9 Å². The van der Waals surface area contributed by atoms with Crippen molar-refractivity contribution in [3.05, 3.63) is 44.1 Å². The van der Waals surface area contributed by atoms with Crippen LogP contribution in [-0.4, -0.2) is 9.78 Å². The second-order valence-corrected chi connectivity index (χ2v) is 6.03. The molecule has 3 nitrogen and oxygen atoms in total. The molecule has 2 rings (SSSR count). The second-order valence-electron chi connectivity index (χ2n) is 4.38. The van der Waals surface area contributed by atoms with Gasteiger partial charge in [0.2, 0.25) is 0 Å². The number of rotatable bonds is 4. The van der Waals surface area contributed by atoms with E-state index in [0.29, 0.717) is 6.61 Å². The molecule has 0 aliphatic carbocycles. The number of hydrogen-bond acceptors (Lipinski definition) is 2. The van der Waals surface area contributed by atoms with E-state index in [4.69, 9.17) is 4.74 Å². The maximum absolute atomic E-state index is 5.88. The van der Waals surface area contributed by atoms with E-state index < -0.39 is 0 Å². The Morgan fingerprint density at radius 2 is 2.00 bits per heavy atom. The molecule has 19 heavy (non-hydrogen) atoms. The minimum absolute atomic E-state index is 0.497. The van der Waals surface area contributed by atoms with E-state index in [1.54, 1.807) is 0 Å². The topological polar surface area (TPSA) is 27.1 Å². The van der Waals surface area contributed by atoms with Crippen LogP contribution in [0.15, 0.2) is 27.1 Å². The molecule has 5 heteroatoms. The van der Waals surface area contributed by atoms with Gasteiger partial charge in [0, 0.05) is 6.54 Å². The van der Waals surface area contributed by atoms with Gasteiger partial charge >= 0.3 is 0 Å². The summed E-state index contributed by atoms with van der Waals surface area (Å²) in [5.74, 6) is 0.846. The lowest BCUT2D eigenvalue weighted by molar-refractivity contribution is 0.290. The molecule has 0 spiro atoms. The molecule has 0 bridgehead atoms. The Bertz CT molecular complexity index is 593. The molecule has 1 aromatic heterocycles.